The smallest absolute Gasteiger partial charge is 0.287 e. The Morgan fingerprint density at radius 2 is 2.11 bits per heavy atom. The van der Waals surface area contributed by atoms with E-state index in [0.717, 1.165) is 25.1 Å². The minimum Gasteiger partial charge on any atom is -0.455 e. The molecule has 0 bridgehead atoms. The van der Waals surface area contributed by atoms with Gasteiger partial charge in [0.1, 0.15) is 5.76 Å². The number of benzene rings is 1. The van der Waals surface area contributed by atoms with Crippen molar-refractivity contribution in [1.82, 2.24) is 14.8 Å². The van der Waals surface area contributed by atoms with Crippen molar-refractivity contribution in [3.63, 3.8) is 0 Å². The highest BCUT2D eigenvalue weighted by atomic mass is 16.4. The standard InChI is InChI=1S/C22H27N3O2/c1-15-18(19-8-4-6-16-7-5-13-25(15)21(16)19)11-12-23-22(26)20-10-9-17(27-20)14-24(2)3/h4,6,8-10H,5,7,11-14H2,1-3H3,(H,23,26). The fourth-order valence-electron chi connectivity index (χ4n) is 4.19. The van der Waals surface area contributed by atoms with Gasteiger partial charge >= 0.3 is 0 Å². The molecule has 27 heavy (non-hydrogen) atoms. The molecule has 1 aromatic carbocycles. The second-order valence-corrected chi connectivity index (χ2v) is 7.64. The number of rotatable bonds is 6. The Morgan fingerprint density at radius 1 is 1.26 bits per heavy atom. The van der Waals surface area contributed by atoms with Gasteiger partial charge in [0.15, 0.2) is 5.76 Å². The summed E-state index contributed by atoms with van der Waals surface area (Å²) in [5, 5.41) is 4.35. The summed E-state index contributed by atoms with van der Waals surface area (Å²) in [4.78, 5) is 14.4. The number of hydrogen-bond acceptors (Lipinski definition) is 3. The fourth-order valence-corrected chi connectivity index (χ4v) is 4.19. The molecule has 0 saturated heterocycles. The van der Waals surface area contributed by atoms with Crippen LogP contribution in [-0.2, 0) is 25.9 Å². The molecule has 4 rings (SSSR count). The lowest BCUT2D eigenvalue weighted by Gasteiger charge is -2.16. The van der Waals surface area contributed by atoms with Gasteiger partial charge in [-0.1, -0.05) is 18.2 Å². The highest BCUT2D eigenvalue weighted by molar-refractivity contribution is 5.92. The Bertz CT molecular complexity index is 981. The molecule has 1 N–H and O–H groups in total. The number of nitrogens with zero attached hydrogens (tertiary/aromatic N) is 2. The van der Waals surface area contributed by atoms with Crippen LogP contribution in [0.25, 0.3) is 10.9 Å². The Morgan fingerprint density at radius 3 is 2.93 bits per heavy atom. The average molecular weight is 365 g/mol. The molecule has 1 aliphatic heterocycles. The van der Waals surface area contributed by atoms with Crippen molar-refractivity contribution in [3.8, 4) is 0 Å². The van der Waals surface area contributed by atoms with Gasteiger partial charge in [0.05, 0.1) is 12.1 Å². The normalized spacial score (nSPS) is 13.5. The summed E-state index contributed by atoms with van der Waals surface area (Å²) in [7, 11) is 3.95. The van der Waals surface area contributed by atoms with E-state index in [4.69, 9.17) is 4.42 Å². The number of carbonyl (C=O) groups excluding carboxylic acids is 1. The van der Waals surface area contributed by atoms with Crippen molar-refractivity contribution in [2.75, 3.05) is 20.6 Å². The van der Waals surface area contributed by atoms with Gasteiger partial charge in [0, 0.05) is 24.2 Å². The lowest BCUT2D eigenvalue weighted by molar-refractivity contribution is 0.0923. The summed E-state index contributed by atoms with van der Waals surface area (Å²) >= 11 is 0. The summed E-state index contributed by atoms with van der Waals surface area (Å²) in [5.41, 5.74) is 5.52. The van der Waals surface area contributed by atoms with Gasteiger partial charge in [-0.05, 0) is 63.5 Å². The third-order valence-corrected chi connectivity index (χ3v) is 5.40. The molecule has 0 atom stereocenters. The topological polar surface area (TPSA) is 50.4 Å². The Hall–Kier alpha value is -2.53. The van der Waals surface area contributed by atoms with Crippen LogP contribution in [0.3, 0.4) is 0 Å². The third kappa shape index (κ3) is 3.39. The number of furan rings is 1. The van der Waals surface area contributed by atoms with Gasteiger partial charge in [0.25, 0.3) is 5.91 Å². The second kappa shape index (κ2) is 7.24. The number of para-hydroxylation sites is 1. The first-order chi connectivity index (χ1) is 13.0. The number of aromatic nitrogens is 1. The van der Waals surface area contributed by atoms with Gasteiger partial charge in [-0.15, -0.1) is 0 Å². The molecule has 3 heterocycles. The number of amides is 1. The molecule has 3 aromatic rings. The van der Waals surface area contributed by atoms with Crippen LogP contribution in [0.2, 0.25) is 0 Å². The lowest BCUT2D eigenvalue weighted by atomic mass is 10.0. The minimum atomic E-state index is -0.147. The van der Waals surface area contributed by atoms with E-state index < -0.39 is 0 Å². The molecule has 0 unspecified atom stereocenters. The van der Waals surface area contributed by atoms with Gasteiger partial charge < -0.3 is 19.2 Å². The van der Waals surface area contributed by atoms with E-state index in [9.17, 15) is 4.79 Å². The maximum atomic E-state index is 12.4. The summed E-state index contributed by atoms with van der Waals surface area (Å²) in [6.45, 7) is 4.58. The predicted molar refractivity (Wildman–Crippen MR) is 107 cm³/mol. The molecule has 0 fully saturated rings. The highest BCUT2D eigenvalue weighted by Crippen LogP contribution is 2.32. The number of carbonyl (C=O) groups is 1. The molecular weight excluding hydrogens is 338 g/mol. The maximum Gasteiger partial charge on any atom is 0.287 e. The molecule has 5 nitrogen and oxygen atoms in total. The second-order valence-electron chi connectivity index (χ2n) is 7.64. The van der Waals surface area contributed by atoms with E-state index >= 15 is 0 Å². The van der Waals surface area contributed by atoms with Crippen LogP contribution in [0.1, 0.15) is 39.6 Å². The zero-order valence-corrected chi connectivity index (χ0v) is 16.3. The number of hydrogen-bond donors (Lipinski definition) is 1. The quantitative estimate of drug-likeness (QED) is 0.727. The molecule has 0 aliphatic carbocycles. The van der Waals surface area contributed by atoms with Crippen LogP contribution in [0, 0.1) is 6.92 Å². The maximum absolute atomic E-state index is 12.4. The van der Waals surface area contributed by atoms with E-state index in [1.807, 2.05) is 25.1 Å². The first kappa shape index (κ1) is 17.9. The van der Waals surface area contributed by atoms with Crippen molar-refractivity contribution in [3.05, 3.63) is 58.7 Å². The van der Waals surface area contributed by atoms with Crippen molar-refractivity contribution < 1.29 is 9.21 Å². The lowest BCUT2D eigenvalue weighted by Crippen LogP contribution is -2.25. The highest BCUT2D eigenvalue weighted by Gasteiger charge is 2.19. The van der Waals surface area contributed by atoms with E-state index in [1.165, 1.54) is 34.1 Å². The van der Waals surface area contributed by atoms with Crippen LogP contribution in [-0.4, -0.2) is 36.0 Å². The SMILES string of the molecule is Cc1c(CCNC(=O)c2ccc(CN(C)C)o2)c2cccc3c2n1CCC3. The minimum absolute atomic E-state index is 0.147. The fraction of sp³-hybridized carbons (Fsp3) is 0.409. The first-order valence-electron chi connectivity index (χ1n) is 9.66. The van der Waals surface area contributed by atoms with Crippen LogP contribution >= 0.6 is 0 Å². The molecule has 1 aliphatic rings. The van der Waals surface area contributed by atoms with E-state index in [1.54, 1.807) is 6.07 Å². The van der Waals surface area contributed by atoms with E-state index in [-0.39, 0.29) is 5.91 Å². The zero-order valence-electron chi connectivity index (χ0n) is 16.3. The predicted octanol–water partition coefficient (Wildman–Crippen LogP) is 3.52. The first-order valence-corrected chi connectivity index (χ1v) is 9.66. The van der Waals surface area contributed by atoms with Crippen molar-refractivity contribution in [2.24, 2.45) is 0 Å². The molecule has 0 spiro atoms. The molecule has 142 valence electrons. The number of aryl methyl sites for hydroxylation is 2. The van der Waals surface area contributed by atoms with Crippen LogP contribution < -0.4 is 5.32 Å². The molecule has 0 saturated carbocycles. The number of nitrogens with one attached hydrogen (secondary N) is 1. The molecule has 2 aromatic heterocycles. The van der Waals surface area contributed by atoms with Crippen LogP contribution in [0.5, 0.6) is 0 Å². The van der Waals surface area contributed by atoms with E-state index in [2.05, 4.69) is 35.0 Å². The zero-order chi connectivity index (χ0) is 19.0. The van der Waals surface area contributed by atoms with E-state index in [0.29, 0.717) is 18.8 Å². The Kier molecular flexibility index (Phi) is 4.79. The largest absolute Gasteiger partial charge is 0.455 e. The molecule has 0 radical (unpaired) electrons. The van der Waals surface area contributed by atoms with Crippen molar-refractivity contribution in [2.45, 2.75) is 39.3 Å². The van der Waals surface area contributed by atoms with Crippen molar-refractivity contribution >= 4 is 16.8 Å². The van der Waals surface area contributed by atoms with Gasteiger partial charge in [-0.3, -0.25) is 4.79 Å². The van der Waals surface area contributed by atoms with Gasteiger partial charge in [-0.2, -0.15) is 0 Å². The third-order valence-electron chi connectivity index (χ3n) is 5.40. The summed E-state index contributed by atoms with van der Waals surface area (Å²) in [6.07, 6.45) is 3.19. The van der Waals surface area contributed by atoms with Gasteiger partial charge in [0.2, 0.25) is 0 Å². The van der Waals surface area contributed by atoms with Gasteiger partial charge in [-0.25, -0.2) is 0 Å². The summed E-state index contributed by atoms with van der Waals surface area (Å²) < 4.78 is 8.09. The summed E-state index contributed by atoms with van der Waals surface area (Å²) in [6, 6.07) is 10.2. The van der Waals surface area contributed by atoms with Crippen LogP contribution in [0.4, 0.5) is 0 Å². The molecule has 1 amide bonds. The Balaban J connectivity index is 1.45. The average Bonchev–Trinajstić information content (AvgIpc) is 3.21. The summed E-state index contributed by atoms with van der Waals surface area (Å²) in [5.74, 6) is 1.03. The molecular formula is C22H27N3O2. The monoisotopic (exact) mass is 365 g/mol. The van der Waals surface area contributed by atoms with Crippen LogP contribution in [0.15, 0.2) is 34.7 Å². The Labute approximate surface area is 159 Å². The van der Waals surface area contributed by atoms with Crippen molar-refractivity contribution in [1.29, 1.82) is 0 Å². The molecule has 5 heteroatoms.